The van der Waals surface area contributed by atoms with Crippen LogP contribution in [0.1, 0.15) is 0 Å². The van der Waals surface area contributed by atoms with Gasteiger partial charge in [-0.25, -0.2) is 0 Å². The molecule has 0 radical (unpaired) electrons. The summed E-state index contributed by atoms with van der Waals surface area (Å²) in [5.74, 6) is 0. The molecule has 0 atom stereocenters. The SMILES string of the molecule is Bc1cc(-c2ccccc2)ccc1-c1cc(Br)c(-c2ccc(-c3ccccc3)cc2Br)cc1Br. The van der Waals surface area contributed by atoms with Crippen molar-refractivity contribution in [2.24, 2.45) is 0 Å². The maximum atomic E-state index is 3.85. The van der Waals surface area contributed by atoms with Crippen molar-refractivity contribution in [2.75, 3.05) is 0 Å². The molecule has 0 nitrogen and oxygen atoms in total. The molecule has 0 fully saturated rings. The van der Waals surface area contributed by atoms with Crippen molar-refractivity contribution in [2.45, 2.75) is 0 Å². The second-order valence-corrected chi connectivity index (χ2v) is 10.8. The van der Waals surface area contributed by atoms with Gasteiger partial charge in [-0.05, 0) is 62.7 Å². The first-order chi connectivity index (χ1) is 16.5. The van der Waals surface area contributed by atoms with Crippen LogP contribution in [-0.2, 0) is 0 Å². The topological polar surface area (TPSA) is 0 Å². The number of benzene rings is 5. The average Bonchev–Trinajstić information content (AvgIpc) is 2.86. The van der Waals surface area contributed by atoms with Crippen LogP contribution in [0.15, 0.2) is 123 Å². The minimum Gasteiger partial charge on any atom is -0.0806 e. The van der Waals surface area contributed by atoms with E-state index in [9.17, 15) is 0 Å². The van der Waals surface area contributed by atoms with E-state index in [1.54, 1.807) is 0 Å². The van der Waals surface area contributed by atoms with Gasteiger partial charge in [0.15, 0.2) is 0 Å². The van der Waals surface area contributed by atoms with Crippen molar-refractivity contribution in [3.63, 3.8) is 0 Å². The van der Waals surface area contributed by atoms with Crippen LogP contribution in [0.4, 0.5) is 0 Å². The first kappa shape index (κ1) is 23.4. The van der Waals surface area contributed by atoms with Crippen LogP contribution in [-0.4, -0.2) is 7.85 Å². The van der Waals surface area contributed by atoms with E-state index in [1.807, 2.05) is 6.07 Å². The highest BCUT2D eigenvalue weighted by atomic mass is 79.9. The summed E-state index contributed by atoms with van der Waals surface area (Å²) < 4.78 is 3.20. The fourth-order valence-corrected chi connectivity index (χ4v) is 5.99. The molecule has 0 unspecified atom stereocenters. The second-order valence-electron chi connectivity index (χ2n) is 8.27. The van der Waals surface area contributed by atoms with Crippen LogP contribution in [0.2, 0.25) is 0 Å². The standard InChI is InChI=1S/C30H20BBr3/c31-27-15-21(19-7-3-1-4-8-19)11-13-23(27)25-17-30(34)26(18-29(25)33)24-14-12-22(16-28(24)32)20-9-5-2-6-10-20/h1-18H,31H2. The molecule has 5 aromatic carbocycles. The van der Waals surface area contributed by atoms with E-state index in [1.165, 1.54) is 38.8 Å². The number of rotatable bonds is 4. The fourth-order valence-electron chi connectivity index (χ4n) is 4.28. The average molecular weight is 631 g/mol. The second kappa shape index (κ2) is 10.1. The van der Waals surface area contributed by atoms with Crippen LogP contribution < -0.4 is 5.46 Å². The molecule has 0 saturated carbocycles. The maximum Gasteiger partial charge on any atom is 0.140 e. The Hall–Kier alpha value is -2.40. The minimum atomic E-state index is 1.06. The van der Waals surface area contributed by atoms with Gasteiger partial charge in [-0.15, -0.1) is 0 Å². The lowest BCUT2D eigenvalue weighted by molar-refractivity contribution is 1.52. The lowest BCUT2D eigenvalue weighted by atomic mass is 9.84. The highest BCUT2D eigenvalue weighted by Crippen LogP contribution is 2.41. The Morgan fingerprint density at radius 2 is 0.824 bits per heavy atom. The van der Waals surface area contributed by atoms with E-state index in [-0.39, 0.29) is 0 Å². The molecule has 0 aromatic heterocycles. The quantitative estimate of drug-likeness (QED) is 0.174. The molecule has 0 aliphatic rings. The number of hydrogen-bond acceptors (Lipinski definition) is 0. The fraction of sp³-hybridized carbons (Fsp3) is 0. The Kier molecular flexibility index (Phi) is 6.92. The number of hydrogen-bond donors (Lipinski definition) is 0. The highest BCUT2D eigenvalue weighted by molar-refractivity contribution is 9.11. The van der Waals surface area contributed by atoms with Gasteiger partial charge in [-0.2, -0.15) is 0 Å². The lowest BCUT2D eigenvalue weighted by Crippen LogP contribution is -2.07. The molecule has 0 amide bonds. The Morgan fingerprint density at radius 3 is 1.32 bits per heavy atom. The first-order valence-electron chi connectivity index (χ1n) is 11.0. The minimum absolute atomic E-state index is 1.06. The molecule has 5 rings (SSSR count). The van der Waals surface area contributed by atoms with Gasteiger partial charge in [0.25, 0.3) is 0 Å². The Balaban J connectivity index is 1.51. The maximum absolute atomic E-state index is 3.85. The van der Waals surface area contributed by atoms with Gasteiger partial charge < -0.3 is 0 Å². The van der Waals surface area contributed by atoms with Crippen molar-refractivity contribution in [3.8, 4) is 44.5 Å². The molecule has 0 spiro atoms. The van der Waals surface area contributed by atoms with Crippen LogP contribution in [0, 0.1) is 0 Å². The Morgan fingerprint density at radius 1 is 0.382 bits per heavy atom. The zero-order chi connectivity index (χ0) is 23.7. The summed E-state index contributed by atoms with van der Waals surface area (Å²) in [6, 6.07) is 38.6. The monoisotopic (exact) mass is 628 g/mol. The van der Waals surface area contributed by atoms with Crippen molar-refractivity contribution < 1.29 is 0 Å². The van der Waals surface area contributed by atoms with Crippen LogP contribution in [0.5, 0.6) is 0 Å². The summed E-state index contributed by atoms with van der Waals surface area (Å²) in [5, 5.41) is 0. The smallest absolute Gasteiger partial charge is 0.0806 e. The Labute approximate surface area is 226 Å². The van der Waals surface area contributed by atoms with Crippen LogP contribution >= 0.6 is 47.8 Å². The normalized spacial score (nSPS) is 10.9. The molecule has 0 aliphatic carbocycles. The van der Waals surface area contributed by atoms with Gasteiger partial charge in [0, 0.05) is 13.4 Å². The molecule has 164 valence electrons. The van der Waals surface area contributed by atoms with Crippen molar-refractivity contribution in [1.82, 2.24) is 0 Å². The third-order valence-electron chi connectivity index (χ3n) is 6.05. The molecular weight excluding hydrogens is 611 g/mol. The van der Waals surface area contributed by atoms with Gasteiger partial charge in [-0.1, -0.05) is 144 Å². The predicted octanol–water partition coefficient (Wildman–Crippen LogP) is 8.90. The Bertz CT molecular complexity index is 1360. The summed E-state index contributed by atoms with van der Waals surface area (Å²) in [7, 11) is 2.18. The van der Waals surface area contributed by atoms with Gasteiger partial charge in [0.1, 0.15) is 7.85 Å². The first-order valence-corrected chi connectivity index (χ1v) is 13.4. The van der Waals surface area contributed by atoms with Crippen LogP contribution in [0.25, 0.3) is 44.5 Å². The van der Waals surface area contributed by atoms with Crippen molar-refractivity contribution in [1.29, 1.82) is 0 Å². The van der Waals surface area contributed by atoms with Crippen LogP contribution in [0.3, 0.4) is 0 Å². The predicted molar refractivity (Wildman–Crippen MR) is 159 cm³/mol. The van der Waals surface area contributed by atoms with Crippen molar-refractivity contribution >= 4 is 61.1 Å². The molecule has 0 heterocycles. The van der Waals surface area contributed by atoms with Gasteiger partial charge in [0.2, 0.25) is 0 Å². The van der Waals surface area contributed by atoms with E-state index in [0.29, 0.717) is 0 Å². The molecular formula is C30H20BBr3. The summed E-state index contributed by atoms with van der Waals surface area (Å²) in [4.78, 5) is 0. The zero-order valence-electron chi connectivity index (χ0n) is 18.5. The van der Waals surface area contributed by atoms with E-state index in [4.69, 9.17) is 0 Å². The summed E-state index contributed by atoms with van der Waals surface area (Å²) >= 11 is 11.5. The third-order valence-corrected chi connectivity index (χ3v) is 8.02. The molecule has 0 aliphatic heterocycles. The van der Waals surface area contributed by atoms with E-state index < -0.39 is 0 Å². The van der Waals surface area contributed by atoms with E-state index in [2.05, 4.69) is 159 Å². The van der Waals surface area contributed by atoms with E-state index >= 15 is 0 Å². The van der Waals surface area contributed by atoms with E-state index in [0.717, 1.165) is 24.5 Å². The molecule has 34 heavy (non-hydrogen) atoms. The number of halogens is 3. The lowest BCUT2D eigenvalue weighted by Gasteiger charge is -2.15. The highest BCUT2D eigenvalue weighted by Gasteiger charge is 2.15. The van der Waals surface area contributed by atoms with Gasteiger partial charge in [0.05, 0.1) is 0 Å². The molecule has 5 aromatic rings. The summed E-state index contributed by atoms with van der Waals surface area (Å²) in [6.07, 6.45) is 0. The molecule has 0 N–H and O–H groups in total. The summed E-state index contributed by atoms with van der Waals surface area (Å²) in [5.41, 5.74) is 10.8. The molecule has 4 heteroatoms. The third kappa shape index (κ3) is 4.72. The summed E-state index contributed by atoms with van der Waals surface area (Å²) in [6.45, 7) is 0. The van der Waals surface area contributed by atoms with Gasteiger partial charge >= 0.3 is 0 Å². The molecule has 0 saturated heterocycles. The van der Waals surface area contributed by atoms with Crippen molar-refractivity contribution in [3.05, 3.63) is 123 Å². The zero-order valence-corrected chi connectivity index (χ0v) is 23.3. The molecule has 0 bridgehead atoms. The largest absolute Gasteiger partial charge is 0.140 e. The van der Waals surface area contributed by atoms with Gasteiger partial charge in [-0.3, -0.25) is 0 Å².